The summed E-state index contributed by atoms with van der Waals surface area (Å²) in [7, 11) is 0. The van der Waals surface area contributed by atoms with Crippen LogP contribution in [0.25, 0.3) is 0 Å². The summed E-state index contributed by atoms with van der Waals surface area (Å²) in [6, 6.07) is 14.9. The van der Waals surface area contributed by atoms with E-state index in [1.165, 1.54) is 0 Å². The van der Waals surface area contributed by atoms with Crippen molar-refractivity contribution < 1.29 is 14.4 Å². The minimum absolute atomic E-state index is 0.00329. The molecule has 0 aromatic heterocycles. The maximum Gasteiger partial charge on any atom is 0.251 e. The Morgan fingerprint density at radius 2 is 1.46 bits per heavy atom. The van der Waals surface area contributed by atoms with Crippen LogP contribution in [0, 0.1) is 5.41 Å². The van der Waals surface area contributed by atoms with Crippen LogP contribution in [0.1, 0.15) is 47.1 Å². The van der Waals surface area contributed by atoms with Gasteiger partial charge in [-0.05, 0) is 17.7 Å². The molecule has 0 spiro atoms. The highest BCUT2D eigenvalue weighted by Crippen LogP contribution is 2.21. The average molecular weight is 352 g/mol. The molecule has 2 rings (SSSR count). The second kappa shape index (κ2) is 7.95. The number of carbonyl (C=O) groups is 3. The lowest BCUT2D eigenvalue weighted by Crippen LogP contribution is -2.45. The second-order valence-electron chi connectivity index (χ2n) is 7.27. The predicted octanol–water partition coefficient (Wildman–Crippen LogP) is 2.74. The van der Waals surface area contributed by atoms with E-state index in [0.717, 1.165) is 5.56 Å². The molecule has 3 N–H and O–H groups in total. The lowest BCUT2D eigenvalue weighted by Gasteiger charge is -2.17. The lowest BCUT2D eigenvalue weighted by atomic mass is 9.86. The summed E-state index contributed by atoms with van der Waals surface area (Å²) >= 11 is 0. The van der Waals surface area contributed by atoms with Gasteiger partial charge >= 0.3 is 0 Å². The first-order valence-electron chi connectivity index (χ1n) is 8.47. The monoisotopic (exact) mass is 352 g/mol. The van der Waals surface area contributed by atoms with Crippen molar-refractivity contribution in [2.24, 2.45) is 11.1 Å². The molecule has 5 nitrogen and oxygen atoms in total. The van der Waals surface area contributed by atoms with Gasteiger partial charge < -0.3 is 11.1 Å². The number of nitrogens with one attached hydrogen (secondary N) is 1. The van der Waals surface area contributed by atoms with E-state index in [0.29, 0.717) is 17.5 Å². The largest absolute Gasteiger partial charge is 0.368 e. The molecule has 0 unspecified atom stereocenters. The summed E-state index contributed by atoms with van der Waals surface area (Å²) in [6.45, 7) is 5.53. The summed E-state index contributed by atoms with van der Waals surface area (Å²) < 4.78 is 0. The number of carbonyl (C=O) groups excluding carboxylic acids is 3. The highest BCUT2D eigenvalue weighted by molar-refractivity contribution is 6.02. The molecule has 5 heteroatoms. The molecule has 0 aliphatic rings. The number of Topliss-reactive ketones (excluding diaryl/α,β-unsaturated/α-hetero) is 1. The highest BCUT2D eigenvalue weighted by atomic mass is 16.2. The molecule has 0 bridgehead atoms. The van der Waals surface area contributed by atoms with E-state index in [2.05, 4.69) is 5.32 Å². The zero-order valence-electron chi connectivity index (χ0n) is 15.3. The molecule has 26 heavy (non-hydrogen) atoms. The van der Waals surface area contributed by atoms with Gasteiger partial charge in [-0.3, -0.25) is 14.4 Å². The maximum absolute atomic E-state index is 12.4. The molecule has 0 saturated carbocycles. The fraction of sp³-hybridized carbons (Fsp3) is 0.286. The fourth-order valence-corrected chi connectivity index (χ4v) is 2.52. The third-order valence-electron chi connectivity index (χ3n) is 4.02. The van der Waals surface area contributed by atoms with Crippen molar-refractivity contribution in [3.05, 3.63) is 71.3 Å². The van der Waals surface area contributed by atoms with Gasteiger partial charge in [-0.1, -0.05) is 63.2 Å². The van der Waals surface area contributed by atoms with E-state index in [1.54, 1.807) is 24.3 Å². The van der Waals surface area contributed by atoms with E-state index in [-0.39, 0.29) is 5.78 Å². The first kappa shape index (κ1) is 19.4. The summed E-state index contributed by atoms with van der Waals surface area (Å²) in [5, 5.41) is 2.66. The van der Waals surface area contributed by atoms with E-state index < -0.39 is 23.3 Å². The average Bonchev–Trinajstić information content (AvgIpc) is 2.60. The molecule has 2 amide bonds. The molecule has 1 atom stereocenters. The molecular weight excluding hydrogens is 328 g/mol. The van der Waals surface area contributed by atoms with Crippen molar-refractivity contribution in [3.63, 3.8) is 0 Å². The molecule has 136 valence electrons. The Morgan fingerprint density at radius 3 is 1.96 bits per heavy atom. The van der Waals surface area contributed by atoms with Gasteiger partial charge in [0.1, 0.15) is 6.04 Å². The Hall–Kier alpha value is -2.95. The third-order valence-corrected chi connectivity index (χ3v) is 4.02. The molecular formula is C21H24N2O3. The van der Waals surface area contributed by atoms with Crippen molar-refractivity contribution in [1.29, 1.82) is 0 Å². The molecule has 2 aromatic rings. The highest BCUT2D eigenvalue weighted by Gasteiger charge is 2.23. The minimum Gasteiger partial charge on any atom is -0.368 e. The van der Waals surface area contributed by atoms with Crippen LogP contribution in [0.2, 0.25) is 0 Å². The smallest absolute Gasteiger partial charge is 0.251 e. The van der Waals surface area contributed by atoms with Gasteiger partial charge in [0, 0.05) is 23.0 Å². The number of rotatable bonds is 6. The van der Waals surface area contributed by atoms with Crippen LogP contribution in [-0.4, -0.2) is 23.6 Å². The Bertz CT molecular complexity index is 790. The first-order chi connectivity index (χ1) is 12.2. The van der Waals surface area contributed by atoms with Gasteiger partial charge in [0.25, 0.3) is 5.91 Å². The van der Waals surface area contributed by atoms with Gasteiger partial charge in [0.15, 0.2) is 5.78 Å². The van der Waals surface area contributed by atoms with Crippen molar-refractivity contribution in [2.45, 2.75) is 33.2 Å². The lowest BCUT2D eigenvalue weighted by molar-refractivity contribution is -0.119. The Labute approximate surface area is 153 Å². The third kappa shape index (κ3) is 5.02. The summed E-state index contributed by atoms with van der Waals surface area (Å²) in [6.07, 6.45) is 0.322. The van der Waals surface area contributed by atoms with E-state index in [1.807, 2.05) is 51.1 Å². The number of primary amides is 1. The molecule has 2 aromatic carbocycles. The first-order valence-corrected chi connectivity index (χ1v) is 8.47. The van der Waals surface area contributed by atoms with Gasteiger partial charge in [-0.15, -0.1) is 0 Å². The standard InChI is InChI=1S/C21H24N2O3/c1-21(2,3)18(24)15-9-11-16(12-10-15)20(26)23-17(19(22)25)13-14-7-5-4-6-8-14/h4-12,17H,13H2,1-3H3,(H2,22,25)(H,23,26)/t17-/m0/s1. The van der Waals surface area contributed by atoms with Crippen LogP contribution in [0.15, 0.2) is 54.6 Å². The van der Waals surface area contributed by atoms with Crippen LogP contribution < -0.4 is 11.1 Å². The maximum atomic E-state index is 12.4. The van der Waals surface area contributed by atoms with Crippen molar-refractivity contribution >= 4 is 17.6 Å². The molecule has 0 fully saturated rings. The van der Waals surface area contributed by atoms with E-state index in [4.69, 9.17) is 5.73 Å². The van der Waals surface area contributed by atoms with E-state index in [9.17, 15) is 14.4 Å². The van der Waals surface area contributed by atoms with Crippen LogP contribution in [0.5, 0.6) is 0 Å². The van der Waals surface area contributed by atoms with Crippen molar-refractivity contribution in [3.8, 4) is 0 Å². The fourth-order valence-electron chi connectivity index (χ4n) is 2.52. The minimum atomic E-state index is -0.805. The van der Waals surface area contributed by atoms with Crippen LogP contribution in [-0.2, 0) is 11.2 Å². The number of nitrogens with two attached hydrogens (primary N) is 1. The van der Waals surface area contributed by atoms with Gasteiger partial charge in [0.2, 0.25) is 5.91 Å². The van der Waals surface area contributed by atoms with E-state index >= 15 is 0 Å². The SMILES string of the molecule is CC(C)(C)C(=O)c1ccc(C(=O)N[C@@H](Cc2ccccc2)C(N)=O)cc1. The Morgan fingerprint density at radius 1 is 0.923 bits per heavy atom. The number of hydrogen-bond acceptors (Lipinski definition) is 3. The summed E-state index contributed by atoms with van der Waals surface area (Å²) in [5.74, 6) is -0.996. The zero-order valence-corrected chi connectivity index (χ0v) is 15.3. The van der Waals surface area contributed by atoms with Gasteiger partial charge in [0.05, 0.1) is 0 Å². The van der Waals surface area contributed by atoms with Crippen LogP contribution in [0.3, 0.4) is 0 Å². The second-order valence-corrected chi connectivity index (χ2v) is 7.27. The molecule has 0 aliphatic heterocycles. The summed E-state index contributed by atoms with van der Waals surface area (Å²) in [4.78, 5) is 36.4. The quantitative estimate of drug-likeness (QED) is 0.783. The van der Waals surface area contributed by atoms with Gasteiger partial charge in [-0.2, -0.15) is 0 Å². The van der Waals surface area contributed by atoms with Crippen molar-refractivity contribution in [1.82, 2.24) is 5.32 Å². The molecule has 0 aliphatic carbocycles. The number of benzene rings is 2. The molecule has 0 heterocycles. The van der Waals surface area contributed by atoms with Gasteiger partial charge in [-0.25, -0.2) is 0 Å². The topological polar surface area (TPSA) is 89.3 Å². The molecule has 0 saturated heterocycles. The van der Waals surface area contributed by atoms with Crippen molar-refractivity contribution in [2.75, 3.05) is 0 Å². The predicted molar refractivity (Wildman–Crippen MR) is 101 cm³/mol. The van der Waals surface area contributed by atoms with Crippen LogP contribution >= 0.6 is 0 Å². The Balaban J connectivity index is 2.09. The zero-order chi connectivity index (χ0) is 19.3. The van der Waals surface area contributed by atoms with Crippen LogP contribution in [0.4, 0.5) is 0 Å². The Kier molecular flexibility index (Phi) is 5.93. The number of hydrogen-bond donors (Lipinski definition) is 2. The summed E-state index contributed by atoms with van der Waals surface area (Å²) in [5.41, 5.74) is 6.76. The number of amides is 2. The normalized spacial score (nSPS) is 12.3. The molecule has 0 radical (unpaired) electrons. The number of ketones is 1.